The van der Waals surface area contributed by atoms with Gasteiger partial charge in [-0.15, -0.1) is 0 Å². The molecule has 0 aliphatic carbocycles. The summed E-state index contributed by atoms with van der Waals surface area (Å²) >= 11 is 3.44. The third-order valence-electron chi connectivity index (χ3n) is 3.82. The Morgan fingerprint density at radius 1 is 1.11 bits per heavy atom. The Hall–Kier alpha value is -2.60. The van der Waals surface area contributed by atoms with Gasteiger partial charge in [0.1, 0.15) is 17.5 Å². The molecule has 0 saturated carbocycles. The smallest absolute Gasteiger partial charge is 0.408 e. The predicted molar refractivity (Wildman–Crippen MR) is 109 cm³/mol. The van der Waals surface area contributed by atoms with Crippen LogP contribution < -0.4 is 5.32 Å². The van der Waals surface area contributed by atoms with Gasteiger partial charge in [-0.05, 0) is 44.0 Å². The Kier molecular flexibility index (Phi) is 5.65. The summed E-state index contributed by atoms with van der Waals surface area (Å²) in [5, 5.41) is 2.92. The Morgan fingerprint density at radius 3 is 2.41 bits per heavy atom. The Labute approximate surface area is 167 Å². The van der Waals surface area contributed by atoms with E-state index in [0.717, 1.165) is 21.3 Å². The monoisotopic (exact) mass is 427 g/mol. The number of ether oxygens (including phenoxy) is 1. The highest BCUT2D eigenvalue weighted by molar-refractivity contribution is 9.10. The van der Waals surface area contributed by atoms with E-state index in [9.17, 15) is 4.79 Å². The number of hydrogen-bond acceptors (Lipinski definition) is 3. The van der Waals surface area contributed by atoms with E-state index in [1.54, 1.807) is 6.20 Å². The van der Waals surface area contributed by atoms with Gasteiger partial charge in [-0.3, -0.25) is 0 Å². The van der Waals surface area contributed by atoms with E-state index in [0.29, 0.717) is 5.82 Å². The van der Waals surface area contributed by atoms with E-state index in [2.05, 4.69) is 31.2 Å². The van der Waals surface area contributed by atoms with Gasteiger partial charge in [-0.1, -0.05) is 58.4 Å². The van der Waals surface area contributed by atoms with Crippen LogP contribution in [0.3, 0.4) is 0 Å². The van der Waals surface area contributed by atoms with Gasteiger partial charge in [0.15, 0.2) is 0 Å². The van der Waals surface area contributed by atoms with Crippen LogP contribution in [0, 0.1) is 0 Å². The third-order valence-corrected chi connectivity index (χ3v) is 4.35. The van der Waals surface area contributed by atoms with E-state index in [1.165, 1.54) is 0 Å². The summed E-state index contributed by atoms with van der Waals surface area (Å²) in [6, 6.07) is 17.2. The first-order valence-electron chi connectivity index (χ1n) is 8.67. The highest BCUT2D eigenvalue weighted by Gasteiger charge is 2.24. The Bertz CT molecular complexity index is 899. The first-order chi connectivity index (χ1) is 12.8. The third kappa shape index (κ3) is 5.20. The summed E-state index contributed by atoms with van der Waals surface area (Å²) in [4.78, 5) is 20.2. The maximum absolute atomic E-state index is 12.4. The van der Waals surface area contributed by atoms with Crippen molar-refractivity contribution in [2.24, 2.45) is 0 Å². The van der Waals surface area contributed by atoms with E-state index in [4.69, 9.17) is 4.74 Å². The van der Waals surface area contributed by atoms with E-state index >= 15 is 0 Å². The van der Waals surface area contributed by atoms with Crippen molar-refractivity contribution in [3.8, 4) is 11.3 Å². The molecule has 5 nitrogen and oxygen atoms in total. The van der Waals surface area contributed by atoms with Crippen LogP contribution in [0.2, 0.25) is 0 Å². The molecular formula is C21H22BrN3O2. The van der Waals surface area contributed by atoms with Crippen molar-refractivity contribution in [2.75, 3.05) is 0 Å². The van der Waals surface area contributed by atoms with Gasteiger partial charge in [-0.2, -0.15) is 0 Å². The van der Waals surface area contributed by atoms with Gasteiger partial charge in [0, 0.05) is 4.47 Å². The zero-order chi connectivity index (χ0) is 19.4. The van der Waals surface area contributed by atoms with Crippen molar-refractivity contribution < 1.29 is 9.53 Å². The Balaban J connectivity index is 1.91. The molecule has 2 aromatic carbocycles. The number of carbonyl (C=O) groups excluding carboxylic acids is 1. The molecule has 6 heteroatoms. The molecule has 0 saturated heterocycles. The van der Waals surface area contributed by atoms with E-state index < -0.39 is 17.7 Å². The number of alkyl carbamates (subject to hydrolysis) is 1. The molecule has 1 aromatic heterocycles. The summed E-state index contributed by atoms with van der Waals surface area (Å²) in [5.74, 6) is 0.641. The summed E-state index contributed by atoms with van der Waals surface area (Å²) in [5.41, 5.74) is 2.24. The fraction of sp³-hybridized carbons (Fsp3) is 0.238. The fourth-order valence-electron chi connectivity index (χ4n) is 2.64. The molecule has 3 rings (SSSR count). The maximum atomic E-state index is 12.4. The molecule has 140 valence electrons. The highest BCUT2D eigenvalue weighted by Crippen LogP contribution is 2.25. The SMILES string of the molecule is CC(C)(C)OC(=O)NC(c1ccc(Br)cc1)c1ncc(-c2ccccc2)[nH]1. The van der Waals surface area contributed by atoms with Gasteiger partial charge in [0.2, 0.25) is 0 Å². The molecule has 3 aromatic rings. The van der Waals surface area contributed by atoms with Crippen LogP contribution in [0.4, 0.5) is 4.79 Å². The number of H-pyrrole nitrogens is 1. The number of aromatic nitrogens is 2. The van der Waals surface area contributed by atoms with Crippen LogP contribution in [0.1, 0.15) is 38.2 Å². The van der Waals surface area contributed by atoms with Crippen LogP contribution >= 0.6 is 15.9 Å². The van der Waals surface area contributed by atoms with E-state index in [1.807, 2.05) is 75.4 Å². The minimum absolute atomic E-state index is 0.453. The molecule has 0 radical (unpaired) electrons. The first kappa shape index (κ1) is 19.2. The van der Waals surface area contributed by atoms with Crippen molar-refractivity contribution in [1.29, 1.82) is 0 Å². The zero-order valence-corrected chi connectivity index (χ0v) is 17.1. The van der Waals surface area contributed by atoms with Gasteiger partial charge >= 0.3 is 6.09 Å². The second-order valence-corrected chi connectivity index (χ2v) is 8.09. The lowest BCUT2D eigenvalue weighted by Gasteiger charge is -2.23. The number of rotatable bonds is 4. The molecule has 0 spiro atoms. The summed E-state index contributed by atoms with van der Waals surface area (Å²) in [7, 11) is 0. The van der Waals surface area contributed by atoms with Gasteiger partial charge in [0.25, 0.3) is 0 Å². The largest absolute Gasteiger partial charge is 0.444 e. The summed E-state index contributed by atoms with van der Waals surface area (Å²) < 4.78 is 6.39. The number of halogens is 1. The van der Waals surface area contributed by atoms with Crippen LogP contribution in [-0.2, 0) is 4.74 Å². The molecule has 0 aliphatic heterocycles. The predicted octanol–water partition coefficient (Wildman–Crippen LogP) is 5.45. The normalized spacial score (nSPS) is 12.4. The number of imidazole rings is 1. The second-order valence-electron chi connectivity index (χ2n) is 7.18. The summed E-state index contributed by atoms with van der Waals surface area (Å²) in [6.45, 7) is 5.50. The minimum atomic E-state index is -0.577. The number of carbonyl (C=O) groups is 1. The van der Waals surface area contributed by atoms with Crippen LogP contribution in [0.5, 0.6) is 0 Å². The van der Waals surface area contributed by atoms with Gasteiger partial charge in [-0.25, -0.2) is 9.78 Å². The van der Waals surface area contributed by atoms with E-state index in [-0.39, 0.29) is 0 Å². The molecule has 0 aliphatic rings. The molecule has 27 heavy (non-hydrogen) atoms. The van der Waals surface area contributed by atoms with Crippen LogP contribution in [0.25, 0.3) is 11.3 Å². The van der Waals surface area contributed by atoms with Crippen molar-refractivity contribution in [1.82, 2.24) is 15.3 Å². The standard InChI is InChI=1S/C21H22BrN3O2/c1-21(2,3)27-20(26)25-18(15-9-11-16(22)12-10-15)19-23-13-17(24-19)14-7-5-4-6-8-14/h4-13,18H,1-3H3,(H,23,24)(H,25,26). The number of benzene rings is 2. The number of amides is 1. The molecular weight excluding hydrogens is 406 g/mol. The molecule has 1 heterocycles. The quantitative estimate of drug-likeness (QED) is 0.581. The molecule has 0 bridgehead atoms. The van der Waals surface area contributed by atoms with Crippen molar-refractivity contribution >= 4 is 22.0 Å². The molecule has 1 atom stereocenters. The lowest BCUT2D eigenvalue weighted by molar-refractivity contribution is 0.0510. The molecule has 1 unspecified atom stereocenters. The number of aromatic amines is 1. The lowest BCUT2D eigenvalue weighted by Crippen LogP contribution is -2.35. The Morgan fingerprint density at radius 2 is 1.78 bits per heavy atom. The van der Waals surface area contributed by atoms with Crippen molar-refractivity contribution in [2.45, 2.75) is 32.4 Å². The zero-order valence-electron chi connectivity index (χ0n) is 15.5. The van der Waals surface area contributed by atoms with Crippen LogP contribution in [0.15, 0.2) is 65.3 Å². The summed E-state index contributed by atoms with van der Waals surface area (Å²) in [6.07, 6.45) is 1.28. The molecule has 1 amide bonds. The molecule has 0 fully saturated rings. The fourth-order valence-corrected chi connectivity index (χ4v) is 2.90. The van der Waals surface area contributed by atoms with Crippen molar-refractivity contribution in [3.05, 3.63) is 76.7 Å². The first-order valence-corrected chi connectivity index (χ1v) is 9.46. The average molecular weight is 428 g/mol. The van der Waals surface area contributed by atoms with Crippen molar-refractivity contribution in [3.63, 3.8) is 0 Å². The minimum Gasteiger partial charge on any atom is -0.444 e. The van der Waals surface area contributed by atoms with Gasteiger partial charge in [0.05, 0.1) is 11.9 Å². The maximum Gasteiger partial charge on any atom is 0.408 e. The number of nitrogens with zero attached hydrogens (tertiary/aromatic N) is 1. The highest BCUT2D eigenvalue weighted by atomic mass is 79.9. The molecule has 2 N–H and O–H groups in total. The second kappa shape index (κ2) is 7.96. The topological polar surface area (TPSA) is 67.0 Å². The number of nitrogens with one attached hydrogen (secondary N) is 2. The average Bonchev–Trinajstić information content (AvgIpc) is 3.10. The van der Waals surface area contributed by atoms with Crippen LogP contribution in [-0.4, -0.2) is 21.7 Å². The lowest BCUT2D eigenvalue weighted by atomic mass is 10.1. The van der Waals surface area contributed by atoms with Gasteiger partial charge < -0.3 is 15.0 Å². The number of hydrogen-bond donors (Lipinski definition) is 2.